The summed E-state index contributed by atoms with van der Waals surface area (Å²) in [6.07, 6.45) is -0.994. The second kappa shape index (κ2) is 9.77. The molecule has 2 N–H and O–H groups in total. The monoisotopic (exact) mass is 299 g/mol. The van der Waals surface area contributed by atoms with Crippen LogP contribution >= 0.6 is 0 Å². The lowest BCUT2D eigenvalue weighted by molar-refractivity contribution is 0.191. The summed E-state index contributed by atoms with van der Waals surface area (Å²) in [5.41, 5.74) is 0.972. The van der Waals surface area contributed by atoms with Gasteiger partial charge in [0.15, 0.2) is 18.1 Å². The highest BCUT2D eigenvalue weighted by Gasteiger charge is 2.05. The summed E-state index contributed by atoms with van der Waals surface area (Å²) in [4.78, 5) is 10.3. The van der Waals surface area contributed by atoms with Crippen LogP contribution in [0.5, 0.6) is 0 Å². The summed E-state index contributed by atoms with van der Waals surface area (Å²) < 4.78 is 5.53. The average molecular weight is 300 g/mol. The molecule has 0 aliphatic carbocycles. The van der Waals surface area contributed by atoms with Crippen LogP contribution in [0.25, 0.3) is 0 Å². The first-order valence-electron chi connectivity index (χ1n) is 6.52. The zero-order valence-corrected chi connectivity index (χ0v) is 14.7. The van der Waals surface area contributed by atoms with Crippen molar-refractivity contribution < 1.29 is 14.0 Å². The van der Waals surface area contributed by atoms with Crippen molar-refractivity contribution in [3.63, 3.8) is 0 Å². The Morgan fingerprint density at radius 1 is 1.16 bits per heavy atom. The van der Waals surface area contributed by atoms with Crippen molar-refractivity contribution in [3.8, 4) is 0 Å². The van der Waals surface area contributed by atoms with E-state index in [9.17, 15) is 4.79 Å². The van der Waals surface area contributed by atoms with E-state index in [0.29, 0.717) is 0 Å². The van der Waals surface area contributed by atoms with Gasteiger partial charge >= 0.3 is 6.09 Å². The summed E-state index contributed by atoms with van der Waals surface area (Å²) in [7, 11) is -1.33. The third-order valence-electron chi connectivity index (χ3n) is 2.18. The molecule has 1 rings (SSSR count). The SMILES string of the molecule is CC(NC(=O)O)c1ccccc1.C[SiH](C)O[SiH](C)C. The minimum absolute atomic E-state index is 0.149. The van der Waals surface area contributed by atoms with Crippen molar-refractivity contribution in [2.75, 3.05) is 0 Å². The fourth-order valence-corrected chi connectivity index (χ4v) is 5.91. The highest BCUT2D eigenvalue weighted by Crippen LogP contribution is 2.10. The lowest BCUT2D eigenvalue weighted by Gasteiger charge is -2.10. The van der Waals surface area contributed by atoms with E-state index >= 15 is 0 Å². The molecule has 0 radical (unpaired) electrons. The van der Waals surface area contributed by atoms with Crippen molar-refractivity contribution in [1.29, 1.82) is 0 Å². The van der Waals surface area contributed by atoms with E-state index in [0.717, 1.165) is 5.56 Å². The van der Waals surface area contributed by atoms with Crippen molar-refractivity contribution in [2.45, 2.75) is 39.2 Å². The first kappa shape index (κ1) is 17.9. The summed E-state index contributed by atoms with van der Waals surface area (Å²) >= 11 is 0. The van der Waals surface area contributed by atoms with E-state index in [-0.39, 0.29) is 6.04 Å². The average Bonchev–Trinajstić information content (AvgIpc) is 2.28. The number of carbonyl (C=O) groups is 1. The normalized spacial score (nSPS) is 11.7. The van der Waals surface area contributed by atoms with E-state index in [1.807, 2.05) is 37.3 Å². The second-order valence-corrected chi connectivity index (χ2v) is 10.1. The van der Waals surface area contributed by atoms with Crippen LogP contribution in [0.2, 0.25) is 26.2 Å². The number of hydrogen-bond donors (Lipinski definition) is 2. The van der Waals surface area contributed by atoms with E-state index in [2.05, 4.69) is 31.5 Å². The first-order chi connectivity index (χ1) is 8.82. The summed E-state index contributed by atoms with van der Waals surface area (Å²) in [5, 5.41) is 10.8. The Kier molecular flexibility index (Phi) is 9.19. The zero-order valence-electron chi connectivity index (χ0n) is 12.4. The van der Waals surface area contributed by atoms with Gasteiger partial charge in [-0.2, -0.15) is 0 Å². The van der Waals surface area contributed by atoms with Gasteiger partial charge in [-0.15, -0.1) is 0 Å². The number of rotatable bonds is 4. The maximum atomic E-state index is 10.3. The second-order valence-electron chi connectivity index (χ2n) is 4.82. The van der Waals surface area contributed by atoms with Gasteiger partial charge in [-0.3, -0.25) is 0 Å². The third kappa shape index (κ3) is 10.5. The third-order valence-corrected chi connectivity index (χ3v) is 6.54. The molecule has 1 aromatic rings. The number of hydrogen-bond acceptors (Lipinski definition) is 2. The predicted molar refractivity (Wildman–Crippen MR) is 84.9 cm³/mol. The lowest BCUT2D eigenvalue weighted by Crippen LogP contribution is -2.24. The van der Waals surface area contributed by atoms with Gasteiger partial charge in [0, 0.05) is 0 Å². The maximum Gasteiger partial charge on any atom is 0.405 e. The van der Waals surface area contributed by atoms with Crippen molar-refractivity contribution in [3.05, 3.63) is 35.9 Å². The zero-order chi connectivity index (χ0) is 14.8. The van der Waals surface area contributed by atoms with Crippen LogP contribution in [0.3, 0.4) is 0 Å². The molecule has 0 aromatic heterocycles. The minimum atomic E-state index is -0.994. The molecule has 6 heteroatoms. The first-order valence-corrected chi connectivity index (χ1v) is 12.1. The molecule has 1 atom stereocenters. The van der Waals surface area contributed by atoms with Crippen LogP contribution in [0.15, 0.2) is 30.3 Å². The molecular formula is C13H25NO3Si2. The number of benzene rings is 1. The summed E-state index contributed by atoms with van der Waals surface area (Å²) in [6.45, 7) is 10.7. The topological polar surface area (TPSA) is 58.6 Å². The van der Waals surface area contributed by atoms with Crippen LogP contribution in [0.4, 0.5) is 4.79 Å². The minimum Gasteiger partial charge on any atom is -0.465 e. The molecule has 108 valence electrons. The predicted octanol–water partition coefficient (Wildman–Crippen LogP) is 2.99. The molecule has 19 heavy (non-hydrogen) atoms. The molecule has 0 saturated heterocycles. The van der Waals surface area contributed by atoms with Crippen LogP contribution in [-0.2, 0) is 4.12 Å². The van der Waals surface area contributed by atoms with Crippen LogP contribution in [-0.4, -0.2) is 29.3 Å². The highest BCUT2D eigenvalue weighted by atomic mass is 28.4. The molecule has 1 unspecified atom stereocenters. The molecular weight excluding hydrogens is 274 g/mol. The largest absolute Gasteiger partial charge is 0.465 e. The van der Waals surface area contributed by atoms with Crippen molar-refractivity contribution in [2.24, 2.45) is 0 Å². The number of amides is 1. The van der Waals surface area contributed by atoms with E-state index in [1.165, 1.54) is 0 Å². The fraction of sp³-hybridized carbons (Fsp3) is 0.462. The number of carboxylic acid groups (broad SMARTS) is 1. The molecule has 1 aromatic carbocycles. The lowest BCUT2D eigenvalue weighted by atomic mass is 10.1. The van der Waals surface area contributed by atoms with Crippen molar-refractivity contribution >= 4 is 24.2 Å². The van der Waals surface area contributed by atoms with Gasteiger partial charge < -0.3 is 14.5 Å². The van der Waals surface area contributed by atoms with Gasteiger partial charge in [0.25, 0.3) is 0 Å². The quantitative estimate of drug-likeness (QED) is 0.840. The van der Waals surface area contributed by atoms with Gasteiger partial charge in [0.1, 0.15) is 0 Å². The molecule has 1 amide bonds. The van der Waals surface area contributed by atoms with Crippen LogP contribution < -0.4 is 5.32 Å². The summed E-state index contributed by atoms with van der Waals surface area (Å²) in [5.74, 6) is 0. The Morgan fingerprint density at radius 2 is 1.63 bits per heavy atom. The Hall–Kier alpha value is -1.12. The van der Waals surface area contributed by atoms with Crippen LogP contribution in [0.1, 0.15) is 18.5 Å². The van der Waals surface area contributed by atoms with Gasteiger partial charge in [-0.05, 0) is 38.7 Å². The van der Waals surface area contributed by atoms with Gasteiger partial charge in [0.05, 0.1) is 6.04 Å². The van der Waals surface area contributed by atoms with Gasteiger partial charge in [-0.1, -0.05) is 30.3 Å². The Bertz CT molecular complexity index is 352. The molecule has 0 bridgehead atoms. The standard InChI is InChI=1S/C9H11NO2.C4H14OSi2/c1-7(10-9(11)12)8-5-3-2-4-6-8;1-6(2)5-7(3)4/h2-7,10H,1H3,(H,11,12);6-7H,1-4H3. The smallest absolute Gasteiger partial charge is 0.405 e. The fourth-order valence-electron chi connectivity index (χ4n) is 1.55. The molecule has 4 nitrogen and oxygen atoms in total. The molecule has 0 saturated carbocycles. The molecule has 0 aliphatic heterocycles. The molecule has 0 heterocycles. The maximum absolute atomic E-state index is 10.3. The number of nitrogens with one attached hydrogen (secondary N) is 1. The highest BCUT2D eigenvalue weighted by molar-refractivity contribution is 6.63. The van der Waals surface area contributed by atoms with Crippen LogP contribution in [0, 0.1) is 0 Å². The van der Waals surface area contributed by atoms with Crippen molar-refractivity contribution in [1.82, 2.24) is 5.32 Å². The van der Waals surface area contributed by atoms with E-state index in [1.54, 1.807) is 0 Å². The molecule has 0 fully saturated rings. The van der Waals surface area contributed by atoms with Gasteiger partial charge in [0.2, 0.25) is 0 Å². The van der Waals surface area contributed by atoms with E-state index in [4.69, 9.17) is 9.22 Å². The molecule has 0 spiro atoms. The summed E-state index contributed by atoms with van der Waals surface area (Å²) in [6, 6.07) is 9.30. The Morgan fingerprint density at radius 3 is 1.95 bits per heavy atom. The molecule has 0 aliphatic rings. The van der Waals surface area contributed by atoms with E-state index < -0.39 is 24.2 Å². The Labute approximate surface area is 119 Å². The Balaban J connectivity index is 0.000000399. The van der Waals surface area contributed by atoms with Gasteiger partial charge in [-0.25, -0.2) is 4.79 Å².